The summed E-state index contributed by atoms with van der Waals surface area (Å²) in [6.07, 6.45) is 0. The number of hydrogen-bond donors (Lipinski definition) is 2. The minimum atomic E-state index is -0.0109. The third-order valence-corrected chi connectivity index (χ3v) is 4.18. The Kier molecular flexibility index (Phi) is 3.70. The molecular weight excluding hydrogens is 336 g/mol. The largest absolute Gasteiger partial charge is 0.493 e. The predicted octanol–water partition coefficient (Wildman–Crippen LogP) is 3.83. The number of nitrogens with one attached hydrogen (secondary N) is 2. The summed E-state index contributed by atoms with van der Waals surface area (Å²) in [6, 6.07) is 17.1. The van der Waals surface area contributed by atoms with Gasteiger partial charge in [-0.15, -0.1) is 0 Å². The molecular formula is C18H14N4O2S. The van der Waals surface area contributed by atoms with Crippen molar-refractivity contribution in [3.8, 4) is 22.8 Å². The van der Waals surface area contributed by atoms with Gasteiger partial charge in [-0.25, -0.2) is 0 Å². The third kappa shape index (κ3) is 2.54. The zero-order valence-electron chi connectivity index (χ0n) is 13.3. The van der Waals surface area contributed by atoms with Crippen LogP contribution in [0.15, 0.2) is 59.0 Å². The smallest absolute Gasteiger partial charge is 0.223 e. The normalized spacial score (nSPS) is 10.9. The Bertz CT molecular complexity index is 1180. The molecule has 2 N–H and O–H groups in total. The van der Waals surface area contributed by atoms with E-state index in [9.17, 15) is 0 Å². The van der Waals surface area contributed by atoms with Crippen molar-refractivity contribution in [2.24, 2.45) is 0 Å². The van der Waals surface area contributed by atoms with Crippen molar-refractivity contribution in [3.63, 3.8) is 0 Å². The Morgan fingerprint density at radius 2 is 1.96 bits per heavy atom. The third-order valence-electron chi connectivity index (χ3n) is 3.91. The van der Waals surface area contributed by atoms with E-state index in [1.54, 1.807) is 17.7 Å². The summed E-state index contributed by atoms with van der Waals surface area (Å²) in [4.78, 5) is 0. The molecule has 124 valence electrons. The minimum absolute atomic E-state index is 0.0109. The van der Waals surface area contributed by atoms with E-state index in [-0.39, 0.29) is 5.55 Å². The van der Waals surface area contributed by atoms with E-state index < -0.39 is 0 Å². The number of ether oxygens (including phenoxy) is 1. The standard InChI is InChI=1S/C18H14N4O2S/c1-23-14-9-5-6-11-10-13(16(19)24-15(11)14)17-20-21-18(25)22(17)12-7-3-2-4-8-12/h2-10,19H,1H3,(H,21,25). The number of aromatic nitrogens is 3. The van der Waals surface area contributed by atoms with Crippen LogP contribution >= 0.6 is 12.2 Å². The molecule has 6 nitrogen and oxygen atoms in total. The molecule has 0 aliphatic rings. The van der Waals surface area contributed by atoms with Crippen LogP contribution in [0.25, 0.3) is 28.0 Å². The van der Waals surface area contributed by atoms with Crippen molar-refractivity contribution >= 4 is 23.2 Å². The topological polar surface area (TPSA) is 79.8 Å². The highest BCUT2D eigenvalue weighted by atomic mass is 32.1. The zero-order valence-corrected chi connectivity index (χ0v) is 14.1. The van der Waals surface area contributed by atoms with Crippen molar-refractivity contribution in [1.82, 2.24) is 14.8 Å². The number of fused-ring (bicyclic) bond motifs is 1. The average molecular weight is 350 g/mol. The molecule has 2 aromatic carbocycles. The monoisotopic (exact) mass is 350 g/mol. The second kappa shape index (κ2) is 6.03. The van der Waals surface area contributed by atoms with Crippen LogP contribution < -0.4 is 10.3 Å². The van der Waals surface area contributed by atoms with Crippen LogP contribution in [0.5, 0.6) is 5.75 Å². The van der Waals surface area contributed by atoms with Crippen LogP contribution in [0.4, 0.5) is 0 Å². The van der Waals surface area contributed by atoms with E-state index in [1.807, 2.05) is 48.5 Å². The lowest BCUT2D eigenvalue weighted by molar-refractivity contribution is 0.405. The zero-order chi connectivity index (χ0) is 17.4. The van der Waals surface area contributed by atoms with E-state index >= 15 is 0 Å². The van der Waals surface area contributed by atoms with E-state index in [2.05, 4.69) is 10.2 Å². The highest BCUT2D eigenvalue weighted by molar-refractivity contribution is 7.71. The van der Waals surface area contributed by atoms with E-state index in [1.165, 1.54) is 0 Å². The highest BCUT2D eigenvalue weighted by Gasteiger charge is 2.15. The van der Waals surface area contributed by atoms with Crippen LogP contribution in [-0.4, -0.2) is 21.9 Å². The highest BCUT2D eigenvalue weighted by Crippen LogP contribution is 2.27. The molecule has 0 aliphatic carbocycles. The van der Waals surface area contributed by atoms with Crippen molar-refractivity contribution < 1.29 is 9.15 Å². The molecule has 0 unspecified atom stereocenters. The Morgan fingerprint density at radius 1 is 1.16 bits per heavy atom. The molecule has 4 aromatic rings. The molecule has 0 atom stereocenters. The second-order valence-electron chi connectivity index (χ2n) is 5.39. The lowest BCUT2D eigenvalue weighted by atomic mass is 10.1. The van der Waals surface area contributed by atoms with Gasteiger partial charge in [0.15, 0.2) is 21.9 Å². The van der Waals surface area contributed by atoms with Gasteiger partial charge in [0.1, 0.15) is 0 Å². The van der Waals surface area contributed by atoms with Crippen molar-refractivity contribution in [1.29, 1.82) is 5.41 Å². The van der Waals surface area contributed by atoms with Crippen molar-refractivity contribution in [3.05, 3.63) is 64.9 Å². The first-order valence-corrected chi connectivity index (χ1v) is 7.98. The fourth-order valence-corrected chi connectivity index (χ4v) is 2.99. The molecule has 0 aliphatic heterocycles. The van der Waals surface area contributed by atoms with E-state index in [4.69, 9.17) is 26.8 Å². The Balaban J connectivity index is 2.00. The molecule has 0 amide bonds. The van der Waals surface area contributed by atoms with Crippen LogP contribution in [0, 0.1) is 10.2 Å². The summed E-state index contributed by atoms with van der Waals surface area (Å²) in [6.45, 7) is 0. The van der Waals surface area contributed by atoms with Gasteiger partial charge < -0.3 is 9.15 Å². The van der Waals surface area contributed by atoms with Gasteiger partial charge >= 0.3 is 0 Å². The molecule has 7 heteroatoms. The maximum absolute atomic E-state index is 8.31. The first-order valence-electron chi connectivity index (χ1n) is 7.57. The molecule has 2 heterocycles. The number of benzene rings is 2. The molecule has 4 rings (SSSR count). The van der Waals surface area contributed by atoms with Gasteiger partial charge in [0.2, 0.25) is 5.55 Å². The van der Waals surface area contributed by atoms with Gasteiger partial charge in [-0.2, -0.15) is 5.10 Å². The summed E-state index contributed by atoms with van der Waals surface area (Å²) in [5.74, 6) is 1.11. The lowest BCUT2D eigenvalue weighted by Gasteiger charge is -2.08. The number of methoxy groups -OCH3 is 1. The van der Waals surface area contributed by atoms with Crippen LogP contribution in [-0.2, 0) is 0 Å². The Hall–Kier alpha value is -3.19. The van der Waals surface area contributed by atoms with Crippen LogP contribution in [0.3, 0.4) is 0 Å². The average Bonchev–Trinajstić information content (AvgIpc) is 3.02. The molecule has 0 saturated carbocycles. The van der Waals surface area contributed by atoms with Gasteiger partial charge in [-0.05, 0) is 36.5 Å². The number of H-pyrrole nitrogens is 1. The van der Waals surface area contributed by atoms with Crippen LogP contribution in [0.2, 0.25) is 0 Å². The number of aromatic amines is 1. The lowest BCUT2D eigenvalue weighted by Crippen LogP contribution is -2.08. The Labute approximate surface area is 147 Å². The van der Waals surface area contributed by atoms with Crippen molar-refractivity contribution in [2.75, 3.05) is 7.11 Å². The molecule has 25 heavy (non-hydrogen) atoms. The fraction of sp³-hybridized carbons (Fsp3) is 0.0556. The quantitative estimate of drug-likeness (QED) is 0.550. The van der Waals surface area contributed by atoms with Gasteiger partial charge in [0, 0.05) is 11.1 Å². The number of rotatable bonds is 3. The molecule has 0 fully saturated rings. The summed E-state index contributed by atoms with van der Waals surface area (Å²) in [7, 11) is 1.57. The predicted molar refractivity (Wildman–Crippen MR) is 96.4 cm³/mol. The maximum Gasteiger partial charge on any atom is 0.223 e. The first-order chi connectivity index (χ1) is 12.2. The first kappa shape index (κ1) is 15.3. The molecule has 2 aromatic heterocycles. The summed E-state index contributed by atoms with van der Waals surface area (Å²) >= 11 is 5.37. The second-order valence-corrected chi connectivity index (χ2v) is 5.78. The van der Waals surface area contributed by atoms with Crippen LogP contribution in [0.1, 0.15) is 0 Å². The summed E-state index contributed by atoms with van der Waals surface area (Å²) in [5.41, 5.74) is 1.92. The van der Waals surface area contributed by atoms with Gasteiger partial charge in [0.05, 0.1) is 12.7 Å². The molecule has 0 saturated heterocycles. The summed E-state index contributed by atoms with van der Waals surface area (Å²) < 4.78 is 13.2. The number of para-hydroxylation sites is 2. The molecule has 0 radical (unpaired) electrons. The van der Waals surface area contributed by atoms with Gasteiger partial charge in [-0.3, -0.25) is 15.1 Å². The number of nitrogens with zero attached hydrogens (tertiary/aromatic N) is 2. The maximum atomic E-state index is 8.31. The van der Waals surface area contributed by atoms with E-state index in [0.717, 1.165) is 11.1 Å². The van der Waals surface area contributed by atoms with Crippen molar-refractivity contribution in [2.45, 2.75) is 0 Å². The number of hydrogen-bond acceptors (Lipinski definition) is 5. The molecule has 0 bridgehead atoms. The molecule has 0 spiro atoms. The SMILES string of the molecule is COc1cccc2cc(-c3n[nH]c(=S)n3-c3ccccc3)c(=N)oc12. The Morgan fingerprint density at radius 3 is 2.72 bits per heavy atom. The fourth-order valence-electron chi connectivity index (χ4n) is 2.75. The van der Waals surface area contributed by atoms with Gasteiger partial charge in [0.25, 0.3) is 0 Å². The minimum Gasteiger partial charge on any atom is -0.493 e. The van der Waals surface area contributed by atoms with Gasteiger partial charge in [-0.1, -0.05) is 30.3 Å². The van der Waals surface area contributed by atoms with E-state index in [0.29, 0.717) is 27.5 Å². The summed E-state index contributed by atoms with van der Waals surface area (Å²) in [5, 5.41) is 16.2.